The van der Waals surface area contributed by atoms with Crippen molar-refractivity contribution in [3.05, 3.63) is 82.8 Å². The number of carbonyl (C=O) groups excluding carboxylic acids is 1. The molecule has 4 nitrogen and oxygen atoms in total. The molecule has 0 unspecified atom stereocenters. The molecule has 5 heteroatoms. The smallest absolute Gasteiger partial charge is 0.309 e. The summed E-state index contributed by atoms with van der Waals surface area (Å²) in [6.45, 7) is 8.31. The normalized spacial score (nSPS) is 18.5. The summed E-state index contributed by atoms with van der Waals surface area (Å²) in [4.78, 5) is 16.8. The van der Waals surface area contributed by atoms with E-state index in [4.69, 9.17) is 9.72 Å². The minimum atomic E-state index is -0.706. The molecule has 1 fully saturated rings. The zero-order valence-corrected chi connectivity index (χ0v) is 20.0. The van der Waals surface area contributed by atoms with E-state index in [2.05, 4.69) is 45.9 Å². The number of aliphatic hydroxyl groups is 1. The van der Waals surface area contributed by atoms with Crippen molar-refractivity contribution >= 4 is 12.0 Å². The molecule has 2 heterocycles. The predicted octanol–water partition coefficient (Wildman–Crippen LogP) is 6.37. The van der Waals surface area contributed by atoms with E-state index in [1.54, 1.807) is 12.1 Å². The van der Waals surface area contributed by atoms with E-state index in [1.807, 2.05) is 18.2 Å². The monoisotopic (exact) mass is 459 g/mol. The average molecular weight is 460 g/mol. The average Bonchev–Trinajstić information content (AvgIpc) is 2.76. The maximum atomic E-state index is 13.7. The van der Waals surface area contributed by atoms with Crippen LogP contribution in [0.2, 0.25) is 0 Å². The number of hydrogen-bond donors (Lipinski definition) is 1. The Morgan fingerprint density at radius 2 is 1.74 bits per heavy atom. The van der Waals surface area contributed by atoms with E-state index in [0.717, 1.165) is 44.8 Å². The molecule has 0 spiro atoms. The molecule has 2 atom stereocenters. The minimum Gasteiger partial charge on any atom is -0.458 e. The van der Waals surface area contributed by atoms with Gasteiger partial charge in [0.1, 0.15) is 11.9 Å². The van der Waals surface area contributed by atoms with Crippen LogP contribution in [0.4, 0.5) is 4.39 Å². The topological polar surface area (TPSA) is 59.4 Å². The second kappa shape index (κ2) is 9.90. The molecule has 34 heavy (non-hydrogen) atoms. The Bertz CT molecular complexity index is 1210. The molecule has 3 aromatic rings. The summed E-state index contributed by atoms with van der Waals surface area (Å²) >= 11 is 0. The van der Waals surface area contributed by atoms with Gasteiger partial charge in [0.15, 0.2) is 0 Å². The SMILES string of the molecule is Cc1cc(C)cc(-c2cc(-c3ccc(F)cc3)c(C=C[C@@H]3C[C@@H](O)CC(=O)O3)c(C(C)C)n2)c1. The molecule has 176 valence electrons. The molecule has 0 amide bonds. The van der Waals surface area contributed by atoms with Crippen LogP contribution in [-0.2, 0) is 9.53 Å². The Kier molecular flexibility index (Phi) is 6.94. The molecule has 1 saturated heterocycles. The van der Waals surface area contributed by atoms with Crippen molar-refractivity contribution in [2.75, 3.05) is 0 Å². The van der Waals surface area contributed by atoms with Gasteiger partial charge in [0.25, 0.3) is 0 Å². The van der Waals surface area contributed by atoms with Crippen LogP contribution in [0.5, 0.6) is 0 Å². The van der Waals surface area contributed by atoms with E-state index in [-0.39, 0.29) is 18.2 Å². The van der Waals surface area contributed by atoms with Crippen molar-refractivity contribution in [2.24, 2.45) is 0 Å². The molecule has 1 aliphatic heterocycles. The minimum absolute atomic E-state index is 0.0224. The van der Waals surface area contributed by atoms with Gasteiger partial charge in [0, 0.05) is 17.5 Å². The highest BCUT2D eigenvalue weighted by atomic mass is 19.1. The van der Waals surface area contributed by atoms with Crippen LogP contribution < -0.4 is 0 Å². The van der Waals surface area contributed by atoms with Crippen LogP contribution in [0.25, 0.3) is 28.5 Å². The molecule has 1 aliphatic rings. The molecule has 4 rings (SSSR count). The van der Waals surface area contributed by atoms with Gasteiger partial charge in [0.05, 0.1) is 23.9 Å². The third kappa shape index (κ3) is 5.42. The van der Waals surface area contributed by atoms with Gasteiger partial charge >= 0.3 is 5.97 Å². The summed E-state index contributed by atoms with van der Waals surface area (Å²) in [5, 5.41) is 9.97. The highest BCUT2D eigenvalue weighted by Crippen LogP contribution is 2.35. The van der Waals surface area contributed by atoms with Gasteiger partial charge in [0.2, 0.25) is 0 Å². The number of cyclic esters (lactones) is 1. The lowest BCUT2D eigenvalue weighted by Gasteiger charge is -2.24. The zero-order valence-electron chi connectivity index (χ0n) is 20.0. The molecule has 1 aromatic heterocycles. The highest BCUT2D eigenvalue weighted by Gasteiger charge is 2.26. The second-order valence-corrected chi connectivity index (χ2v) is 9.37. The maximum absolute atomic E-state index is 13.7. The van der Waals surface area contributed by atoms with Crippen molar-refractivity contribution in [3.63, 3.8) is 0 Å². The molecule has 0 radical (unpaired) electrons. The quantitative estimate of drug-likeness (QED) is 0.450. The predicted molar refractivity (Wildman–Crippen MR) is 133 cm³/mol. The van der Waals surface area contributed by atoms with Gasteiger partial charge in [-0.15, -0.1) is 0 Å². The number of carbonyl (C=O) groups is 1. The lowest BCUT2D eigenvalue weighted by atomic mass is 9.91. The largest absolute Gasteiger partial charge is 0.458 e. The van der Waals surface area contributed by atoms with Crippen molar-refractivity contribution in [2.45, 2.75) is 58.7 Å². The second-order valence-electron chi connectivity index (χ2n) is 9.37. The zero-order chi connectivity index (χ0) is 24.4. The molecule has 1 N–H and O–H groups in total. The number of halogens is 1. The summed E-state index contributed by atoms with van der Waals surface area (Å²) < 4.78 is 19.1. The number of aryl methyl sites for hydroxylation is 2. The summed E-state index contributed by atoms with van der Waals surface area (Å²) in [5.74, 6) is -0.583. The standard InChI is InChI=1S/C29H30FNO3/c1-17(2)29-25(10-9-24-14-23(32)15-28(33)34-24)26(20-5-7-22(30)8-6-20)16-27(31-29)21-12-18(3)11-19(4)13-21/h5-13,16-17,23-24,32H,14-15H2,1-4H3/t23-,24-/m1/s1. The van der Waals surface area contributed by atoms with Gasteiger partial charge in [-0.1, -0.05) is 49.2 Å². The van der Waals surface area contributed by atoms with Crippen LogP contribution >= 0.6 is 0 Å². The molecular weight excluding hydrogens is 429 g/mol. The van der Waals surface area contributed by atoms with Gasteiger partial charge in [-0.25, -0.2) is 4.39 Å². The van der Waals surface area contributed by atoms with Gasteiger partial charge < -0.3 is 9.84 Å². The molecule has 2 aromatic carbocycles. The lowest BCUT2D eigenvalue weighted by Crippen LogP contribution is -2.31. The Balaban J connectivity index is 1.88. The third-order valence-electron chi connectivity index (χ3n) is 5.97. The molecule has 0 bridgehead atoms. The first-order valence-corrected chi connectivity index (χ1v) is 11.6. The van der Waals surface area contributed by atoms with E-state index in [9.17, 15) is 14.3 Å². The summed E-state index contributed by atoms with van der Waals surface area (Å²) in [5.41, 5.74) is 7.79. The van der Waals surface area contributed by atoms with E-state index < -0.39 is 18.2 Å². The summed E-state index contributed by atoms with van der Waals surface area (Å²) in [6.07, 6.45) is 2.90. The third-order valence-corrected chi connectivity index (χ3v) is 5.97. The Morgan fingerprint density at radius 3 is 2.35 bits per heavy atom. The summed E-state index contributed by atoms with van der Waals surface area (Å²) in [7, 11) is 0. The van der Waals surface area contributed by atoms with Crippen LogP contribution in [0.15, 0.2) is 54.6 Å². The van der Waals surface area contributed by atoms with Crippen LogP contribution in [0.3, 0.4) is 0 Å². The van der Waals surface area contributed by atoms with E-state index in [1.165, 1.54) is 12.1 Å². The first kappa shape index (κ1) is 23.8. The van der Waals surface area contributed by atoms with E-state index in [0.29, 0.717) is 6.42 Å². The fraction of sp³-hybridized carbons (Fsp3) is 0.310. The number of esters is 1. The maximum Gasteiger partial charge on any atom is 0.309 e. The Hall–Kier alpha value is -3.31. The first-order chi connectivity index (χ1) is 16.2. The van der Waals surface area contributed by atoms with Crippen LogP contribution in [0, 0.1) is 19.7 Å². The van der Waals surface area contributed by atoms with E-state index >= 15 is 0 Å². The molecule has 0 aliphatic carbocycles. The number of hydrogen-bond acceptors (Lipinski definition) is 4. The number of ether oxygens (including phenoxy) is 1. The van der Waals surface area contributed by atoms with Crippen molar-refractivity contribution in [1.82, 2.24) is 4.98 Å². The number of aliphatic hydroxyl groups excluding tert-OH is 1. The number of pyridine rings is 1. The fourth-order valence-corrected chi connectivity index (χ4v) is 4.46. The number of nitrogens with zero attached hydrogens (tertiary/aromatic N) is 1. The number of aromatic nitrogens is 1. The van der Waals surface area contributed by atoms with Crippen molar-refractivity contribution in [3.8, 4) is 22.4 Å². The highest BCUT2D eigenvalue weighted by molar-refractivity contribution is 5.81. The van der Waals surface area contributed by atoms with Crippen molar-refractivity contribution < 1.29 is 19.0 Å². The Morgan fingerprint density at radius 1 is 1.06 bits per heavy atom. The molecule has 0 saturated carbocycles. The van der Waals surface area contributed by atoms with Crippen LogP contribution in [0.1, 0.15) is 55.0 Å². The van der Waals surface area contributed by atoms with Gasteiger partial charge in [-0.2, -0.15) is 0 Å². The molecular formula is C29H30FNO3. The van der Waals surface area contributed by atoms with Gasteiger partial charge in [-0.3, -0.25) is 9.78 Å². The Labute approximate surface area is 200 Å². The first-order valence-electron chi connectivity index (χ1n) is 11.6. The van der Waals surface area contributed by atoms with Crippen molar-refractivity contribution in [1.29, 1.82) is 0 Å². The summed E-state index contributed by atoms with van der Waals surface area (Å²) in [6, 6.07) is 14.8. The number of rotatable bonds is 5. The fourth-order valence-electron chi connectivity index (χ4n) is 4.46. The lowest BCUT2D eigenvalue weighted by molar-refractivity contribution is -0.156. The van der Waals surface area contributed by atoms with Crippen LogP contribution in [-0.4, -0.2) is 28.3 Å². The van der Waals surface area contributed by atoms with Gasteiger partial charge in [-0.05, 0) is 67.3 Å². The number of benzene rings is 2.